The molecule has 0 spiro atoms. The Bertz CT molecular complexity index is 1330. The molecule has 0 saturated carbocycles. The number of aromatic amines is 1. The molecule has 178 valence electrons. The second kappa shape index (κ2) is 8.33. The van der Waals surface area contributed by atoms with E-state index >= 15 is 0 Å². The Morgan fingerprint density at radius 3 is 2.68 bits per heavy atom. The van der Waals surface area contributed by atoms with E-state index in [9.17, 15) is 18.3 Å². The molecule has 1 aliphatic rings. The predicted octanol–water partition coefficient (Wildman–Crippen LogP) is 2.84. The van der Waals surface area contributed by atoms with Crippen LogP contribution in [0.15, 0.2) is 22.9 Å². The molecular weight excluding hydrogens is 453 g/mol. The number of pyridine rings is 1. The lowest BCUT2D eigenvalue weighted by atomic mass is 10.1. The van der Waals surface area contributed by atoms with Gasteiger partial charge in [-0.15, -0.1) is 0 Å². The van der Waals surface area contributed by atoms with Crippen LogP contribution < -0.4 is 10.6 Å². The molecule has 10 nitrogen and oxygen atoms in total. The summed E-state index contributed by atoms with van der Waals surface area (Å²) < 4.78 is 46.6. The van der Waals surface area contributed by atoms with Gasteiger partial charge in [0, 0.05) is 30.7 Å². The Hall–Kier alpha value is -3.58. The maximum Gasteiger partial charge on any atom is 0.420 e. The molecule has 1 saturated heterocycles. The number of nitrogens with zero attached hydrogens (tertiary/aromatic N) is 5. The Labute approximate surface area is 191 Å². The SMILES string of the molecule is Cc1noc(C)c1-c1ccc2c(-c3nc(N[C@@H]4CNC[C@H](O)C4)ncc3C(F)(F)F)n[nH]c2n1. The third-order valence-electron chi connectivity index (χ3n) is 5.69. The standard InChI is InChI=1S/C21H21F3N8O2/c1-9-16(10(2)34-32-9)15-4-3-13-17(30-31-19(13)28-15)18-14(21(22,23)24)8-26-20(29-18)27-11-5-12(33)7-25-6-11/h3-4,8,11-12,25,33H,5-7H2,1-2H3,(H,26,27,29)(H,28,30,31)/t11-,12+/m0/s1. The Kier molecular flexibility index (Phi) is 5.44. The summed E-state index contributed by atoms with van der Waals surface area (Å²) >= 11 is 0. The van der Waals surface area contributed by atoms with Gasteiger partial charge in [0.15, 0.2) is 5.65 Å². The van der Waals surface area contributed by atoms with Crippen molar-refractivity contribution in [2.75, 3.05) is 18.4 Å². The summed E-state index contributed by atoms with van der Waals surface area (Å²) in [5.41, 5.74) is 0.850. The van der Waals surface area contributed by atoms with Crippen LogP contribution in [0.2, 0.25) is 0 Å². The van der Waals surface area contributed by atoms with Crippen molar-refractivity contribution in [3.05, 3.63) is 35.3 Å². The average molecular weight is 474 g/mol. The third-order valence-corrected chi connectivity index (χ3v) is 5.69. The number of anilines is 1. The minimum absolute atomic E-state index is 0.00684. The number of hydrogen-bond donors (Lipinski definition) is 4. The van der Waals surface area contributed by atoms with Crippen molar-refractivity contribution >= 4 is 17.0 Å². The first kappa shape index (κ1) is 22.2. The maximum atomic E-state index is 13.8. The monoisotopic (exact) mass is 474 g/mol. The first-order valence-electron chi connectivity index (χ1n) is 10.6. The van der Waals surface area contributed by atoms with Crippen LogP contribution in [-0.4, -0.2) is 60.6 Å². The highest BCUT2D eigenvalue weighted by Crippen LogP contribution is 2.38. The molecule has 1 fully saturated rings. The maximum absolute atomic E-state index is 13.8. The van der Waals surface area contributed by atoms with Gasteiger partial charge >= 0.3 is 6.18 Å². The number of rotatable bonds is 4. The van der Waals surface area contributed by atoms with Crippen LogP contribution in [0.1, 0.15) is 23.4 Å². The van der Waals surface area contributed by atoms with Gasteiger partial charge in [0.1, 0.15) is 22.7 Å². The van der Waals surface area contributed by atoms with Crippen molar-refractivity contribution in [2.24, 2.45) is 0 Å². The molecule has 0 amide bonds. The number of piperidine rings is 1. The second-order valence-electron chi connectivity index (χ2n) is 8.21. The number of aliphatic hydroxyl groups excluding tert-OH is 1. The summed E-state index contributed by atoms with van der Waals surface area (Å²) in [6, 6.07) is 3.08. The molecule has 1 aliphatic heterocycles. The van der Waals surface area contributed by atoms with E-state index in [4.69, 9.17) is 4.52 Å². The zero-order valence-electron chi connectivity index (χ0n) is 18.2. The largest absolute Gasteiger partial charge is 0.420 e. The summed E-state index contributed by atoms with van der Waals surface area (Å²) in [7, 11) is 0. The quantitative estimate of drug-likeness (QED) is 0.352. The molecule has 0 aliphatic carbocycles. The fraction of sp³-hybridized carbons (Fsp3) is 0.381. The molecule has 13 heteroatoms. The van der Waals surface area contributed by atoms with Crippen LogP contribution in [0.5, 0.6) is 0 Å². The molecule has 5 heterocycles. The number of β-amino-alcohol motifs (C(OH)–C–C–N with tert-alkyl or cyclic N) is 1. The number of fused-ring (bicyclic) bond motifs is 1. The van der Waals surface area contributed by atoms with Crippen LogP contribution in [-0.2, 0) is 6.18 Å². The first-order chi connectivity index (χ1) is 16.2. The number of aryl methyl sites for hydroxylation is 2. The summed E-state index contributed by atoms with van der Waals surface area (Å²) in [6.45, 7) is 4.52. The molecule has 4 aromatic rings. The van der Waals surface area contributed by atoms with E-state index in [1.54, 1.807) is 26.0 Å². The lowest BCUT2D eigenvalue weighted by Gasteiger charge is -2.27. The Morgan fingerprint density at radius 1 is 1.15 bits per heavy atom. The highest BCUT2D eigenvalue weighted by Gasteiger charge is 2.37. The zero-order chi connectivity index (χ0) is 24.0. The number of alkyl halides is 3. The smallest absolute Gasteiger partial charge is 0.392 e. The summed E-state index contributed by atoms with van der Waals surface area (Å²) in [5, 5.41) is 27.0. The van der Waals surface area contributed by atoms with E-state index in [1.807, 2.05) is 0 Å². The first-order valence-corrected chi connectivity index (χ1v) is 10.6. The minimum Gasteiger partial charge on any atom is -0.392 e. The number of nitrogens with one attached hydrogen (secondary N) is 3. The van der Waals surface area contributed by atoms with E-state index in [0.29, 0.717) is 53.3 Å². The molecule has 0 radical (unpaired) electrons. The van der Waals surface area contributed by atoms with E-state index in [0.717, 1.165) is 6.20 Å². The molecule has 5 rings (SSSR count). The minimum atomic E-state index is -4.69. The van der Waals surface area contributed by atoms with Crippen molar-refractivity contribution in [1.29, 1.82) is 0 Å². The van der Waals surface area contributed by atoms with Crippen molar-refractivity contribution in [3.8, 4) is 22.6 Å². The van der Waals surface area contributed by atoms with E-state index < -0.39 is 17.8 Å². The van der Waals surface area contributed by atoms with Crippen molar-refractivity contribution in [3.63, 3.8) is 0 Å². The molecule has 2 atom stereocenters. The lowest BCUT2D eigenvalue weighted by Crippen LogP contribution is -2.46. The van der Waals surface area contributed by atoms with Gasteiger partial charge in [-0.25, -0.2) is 15.0 Å². The number of halogens is 3. The predicted molar refractivity (Wildman–Crippen MR) is 116 cm³/mol. The van der Waals surface area contributed by atoms with Crippen LogP contribution in [0.3, 0.4) is 0 Å². The number of H-pyrrole nitrogens is 1. The van der Waals surface area contributed by atoms with Gasteiger partial charge in [0.2, 0.25) is 5.95 Å². The van der Waals surface area contributed by atoms with Gasteiger partial charge in [0.05, 0.1) is 23.1 Å². The summed E-state index contributed by atoms with van der Waals surface area (Å²) in [4.78, 5) is 12.5. The zero-order valence-corrected chi connectivity index (χ0v) is 18.2. The molecule has 4 N–H and O–H groups in total. The summed E-state index contributed by atoms with van der Waals surface area (Å²) in [6.07, 6.45) is -4.09. The normalized spacial score (nSPS) is 19.0. The van der Waals surface area contributed by atoms with E-state index in [1.165, 1.54) is 0 Å². The molecule has 4 aromatic heterocycles. The van der Waals surface area contributed by atoms with Gasteiger partial charge in [-0.2, -0.15) is 18.3 Å². The van der Waals surface area contributed by atoms with Crippen LogP contribution >= 0.6 is 0 Å². The molecule has 0 bridgehead atoms. The summed E-state index contributed by atoms with van der Waals surface area (Å²) in [5.74, 6) is 0.595. The number of hydrogen-bond acceptors (Lipinski definition) is 9. The van der Waals surface area contributed by atoms with Gasteiger partial charge in [0.25, 0.3) is 0 Å². The average Bonchev–Trinajstić information content (AvgIpc) is 3.35. The number of aromatic nitrogens is 6. The topological polar surface area (TPSA) is 138 Å². The number of aliphatic hydroxyl groups is 1. The van der Waals surface area contributed by atoms with Crippen LogP contribution in [0.4, 0.5) is 19.1 Å². The van der Waals surface area contributed by atoms with Gasteiger partial charge < -0.3 is 20.3 Å². The van der Waals surface area contributed by atoms with Gasteiger partial charge in [-0.3, -0.25) is 5.10 Å². The molecule has 0 unspecified atom stereocenters. The van der Waals surface area contributed by atoms with Crippen molar-refractivity contribution in [1.82, 2.24) is 35.6 Å². The fourth-order valence-electron chi connectivity index (χ4n) is 4.12. The lowest BCUT2D eigenvalue weighted by molar-refractivity contribution is -0.137. The van der Waals surface area contributed by atoms with Crippen molar-refractivity contribution < 1.29 is 22.8 Å². The van der Waals surface area contributed by atoms with Gasteiger partial charge in [-0.1, -0.05) is 5.16 Å². The van der Waals surface area contributed by atoms with Gasteiger partial charge in [-0.05, 0) is 32.4 Å². The van der Waals surface area contributed by atoms with Crippen molar-refractivity contribution in [2.45, 2.75) is 38.6 Å². The fourth-order valence-corrected chi connectivity index (χ4v) is 4.12. The van der Waals surface area contributed by atoms with Crippen LogP contribution in [0.25, 0.3) is 33.7 Å². The second-order valence-corrected chi connectivity index (χ2v) is 8.21. The molecule has 0 aromatic carbocycles. The highest BCUT2D eigenvalue weighted by molar-refractivity contribution is 5.92. The molecule has 34 heavy (non-hydrogen) atoms. The molecular formula is C21H21F3N8O2. The van der Waals surface area contributed by atoms with E-state index in [-0.39, 0.29) is 23.4 Å². The van der Waals surface area contributed by atoms with E-state index in [2.05, 4.69) is 40.9 Å². The Balaban J connectivity index is 1.56. The Morgan fingerprint density at radius 2 is 1.97 bits per heavy atom. The highest BCUT2D eigenvalue weighted by atomic mass is 19.4. The third kappa shape index (κ3) is 4.07. The van der Waals surface area contributed by atoms with Crippen LogP contribution in [0, 0.1) is 13.8 Å².